The van der Waals surface area contributed by atoms with E-state index in [-0.39, 0.29) is 36.2 Å². The monoisotopic (exact) mass is 664 g/mol. The first-order valence-corrected chi connectivity index (χ1v) is 17.5. The fourth-order valence-corrected chi connectivity index (χ4v) is 8.68. The number of aryl methyl sites for hydroxylation is 2. The number of H-pyrrole nitrogens is 1. The van der Waals surface area contributed by atoms with Gasteiger partial charge in [0.2, 0.25) is 21.8 Å². The van der Waals surface area contributed by atoms with E-state index in [0.717, 1.165) is 48.2 Å². The van der Waals surface area contributed by atoms with Gasteiger partial charge in [-0.3, -0.25) is 19.6 Å². The number of nitrogens with one attached hydrogen (secondary N) is 2. The summed E-state index contributed by atoms with van der Waals surface area (Å²) in [5, 5.41) is 21.2. The maximum Gasteiger partial charge on any atom is 0.248 e. The van der Waals surface area contributed by atoms with E-state index in [1.165, 1.54) is 0 Å². The summed E-state index contributed by atoms with van der Waals surface area (Å²) >= 11 is 0. The molecule has 5 rings (SSSR count). The van der Waals surface area contributed by atoms with Crippen molar-refractivity contribution in [3.8, 4) is 0 Å². The highest BCUT2D eigenvalue weighted by molar-refractivity contribution is 7.89. The zero-order chi connectivity index (χ0) is 31.8. The van der Waals surface area contributed by atoms with Crippen LogP contribution in [-0.2, 0) is 19.6 Å². The zero-order valence-electron chi connectivity index (χ0n) is 27.1. The van der Waals surface area contributed by atoms with E-state index in [9.17, 15) is 23.1 Å². The van der Waals surface area contributed by atoms with Gasteiger partial charge in [0.05, 0.1) is 22.7 Å². The highest BCUT2D eigenvalue weighted by atomic mass is 35.5. The first-order valence-electron chi connectivity index (χ1n) is 16.1. The molecule has 1 unspecified atom stereocenters. The van der Waals surface area contributed by atoms with Crippen molar-refractivity contribution < 1.29 is 23.1 Å². The Balaban J connectivity index is 0.00000461. The van der Waals surface area contributed by atoms with E-state index >= 15 is 0 Å². The number of piperazine rings is 1. The van der Waals surface area contributed by atoms with Gasteiger partial charge in [-0.1, -0.05) is 39.3 Å². The van der Waals surface area contributed by atoms with Crippen molar-refractivity contribution in [3.05, 3.63) is 46.8 Å². The normalized spacial score (nSPS) is 22.5. The third kappa shape index (κ3) is 6.54. The van der Waals surface area contributed by atoms with E-state index < -0.39 is 27.7 Å². The molecule has 3 fully saturated rings. The molecule has 250 valence electrons. The molecule has 45 heavy (non-hydrogen) atoms. The maximum absolute atomic E-state index is 13.8. The van der Waals surface area contributed by atoms with Gasteiger partial charge in [0.15, 0.2) is 0 Å². The van der Waals surface area contributed by atoms with Crippen molar-refractivity contribution in [2.45, 2.75) is 102 Å². The van der Waals surface area contributed by atoms with Gasteiger partial charge < -0.3 is 15.3 Å². The average molecular weight is 665 g/mol. The summed E-state index contributed by atoms with van der Waals surface area (Å²) in [6.07, 6.45) is 3.37. The maximum atomic E-state index is 13.8. The Morgan fingerprint density at radius 2 is 1.67 bits per heavy atom. The van der Waals surface area contributed by atoms with Gasteiger partial charge >= 0.3 is 0 Å². The van der Waals surface area contributed by atoms with Gasteiger partial charge in [-0.05, 0) is 69.6 Å². The Morgan fingerprint density at radius 3 is 2.20 bits per heavy atom. The van der Waals surface area contributed by atoms with Gasteiger partial charge in [0, 0.05) is 44.0 Å². The van der Waals surface area contributed by atoms with E-state index in [1.807, 2.05) is 39.8 Å². The van der Waals surface area contributed by atoms with Crippen LogP contribution in [0.1, 0.15) is 87.9 Å². The number of benzene rings is 1. The number of piperidine rings is 1. The number of aliphatic hydroxyl groups is 1. The molecular formula is C32H49ClN6O5S. The quantitative estimate of drug-likeness (QED) is 0.354. The van der Waals surface area contributed by atoms with Gasteiger partial charge in [0.1, 0.15) is 11.6 Å². The number of aliphatic hydroxyl groups excluding tert-OH is 1. The first-order chi connectivity index (χ1) is 20.9. The van der Waals surface area contributed by atoms with Gasteiger partial charge in [0.25, 0.3) is 0 Å². The molecule has 0 aliphatic carbocycles. The second-order valence-electron chi connectivity index (χ2n) is 13.0. The highest BCUT2D eigenvalue weighted by Gasteiger charge is 2.55. The predicted molar refractivity (Wildman–Crippen MR) is 175 cm³/mol. The standard InChI is InChI=1S/C32H48N6O5S.ClH/c1-6-7-18-38-30(40)27(29(39)21(2)3)33-31(41)32(38)14-19-36(20-15-32)28(26-22(4)34-35-23(26)5)24-10-12-25(13-11-24)44(42,43)37-16-8-9-17-37;/h10-13,21,27-29,39H,6-9,14-20H2,1-5H3,(H,33,41)(H,34,35);1H/t27-,28?,29-;/m1./s1. The van der Waals surface area contributed by atoms with E-state index in [4.69, 9.17) is 0 Å². The molecule has 3 saturated heterocycles. The Bertz CT molecular complexity index is 1430. The fraction of sp³-hybridized carbons (Fsp3) is 0.656. The van der Waals surface area contributed by atoms with Crippen molar-refractivity contribution in [3.63, 3.8) is 0 Å². The number of aromatic amines is 1. The second kappa shape index (κ2) is 14.1. The van der Waals surface area contributed by atoms with Crippen molar-refractivity contribution in [2.24, 2.45) is 5.92 Å². The summed E-state index contributed by atoms with van der Waals surface area (Å²) in [6.45, 7) is 12.4. The third-order valence-electron chi connectivity index (χ3n) is 9.87. The smallest absolute Gasteiger partial charge is 0.248 e. The molecule has 2 amide bonds. The topological polar surface area (TPSA) is 139 Å². The molecule has 3 N–H and O–H groups in total. The minimum absolute atomic E-state index is 0. The van der Waals surface area contributed by atoms with Gasteiger partial charge in [-0.15, -0.1) is 12.4 Å². The molecular weight excluding hydrogens is 616 g/mol. The van der Waals surface area contributed by atoms with Crippen molar-refractivity contribution >= 4 is 34.2 Å². The number of nitrogens with zero attached hydrogens (tertiary/aromatic N) is 4. The van der Waals surface area contributed by atoms with Crippen LogP contribution in [0.4, 0.5) is 0 Å². The van der Waals surface area contributed by atoms with Crippen LogP contribution in [0.25, 0.3) is 0 Å². The summed E-state index contributed by atoms with van der Waals surface area (Å²) < 4.78 is 28.0. The highest BCUT2D eigenvalue weighted by Crippen LogP contribution is 2.40. The van der Waals surface area contributed by atoms with Crippen LogP contribution in [0.15, 0.2) is 29.2 Å². The van der Waals surface area contributed by atoms with Crippen molar-refractivity contribution in [1.82, 2.24) is 29.6 Å². The lowest BCUT2D eigenvalue weighted by Gasteiger charge is -2.53. The molecule has 4 heterocycles. The number of amides is 2. The summed E-state index contributed by atoms with van der Waals surface area (Å²) in [5.74, 6) is -0.575. The Hall–Kier alpha value is -2.51. The van der Waals surface area contributed by atoms with E-state index in [0.29, 0.717) is 50.5 Å². The number of aromatic nitrogens is 2. The molecule has 3 aliphatic heterocycles. The molecule has 1 aromatic heterocycles. The minimum atomic E-state index is -3.53. The number of carbonyl (C=O) groups is 2. The molecule has 3 aliphatic rings. The van der Waals surface area contributed by atoms with Crippen LogP contribution >= 0.6 is 12.4 Å². The van der Waals surface area contributed by atoms with Gasteiger partial charge in [-0.2, -0.15) is 9.40 Å². The number of hydrogen-bond donors (Lipinski definition) is 3. The number of carbonyl (C=O) groups excluding carboxylic acids is 2. The fourth-order valence-electron chi connectivity index (χ4n) is 7.17. The van der Waals surface area contributed by atoms with Crippen LogP contribution in [-0.4, -0.2) is 100 Å². The lowest BCUT2D eigenvalue weighted by Crippen LogP contribution is -2.75. The van der Waals surface area contributed by atoms with Crippen molar-refractivity contribution in [2.75, 3.05) is 32.7 Å². The third-order valence-corrected chi connectivity index (χ3v) is 11.8. The Kier molecular flexibility index (Phi) is 11.1. The van der Waals surface area contributed by atoms with Crippen molar-refractivity contribution in [1.29, 1.82) is 0 Å². The van der Waals surface area contributed by atoms with Crippen LogP contribution < -0.4 is 5.32 Å². The average Bonchev–Trinajstić information content (AvgIpc) is 3.67. The molecule has 13 heteroatoms. The first kappa shape index (κ1) is 35.3. The molecule has 0 saturated carbocycles. The van der Waals surface area contributed by atoms with Crippen LogP contribution in [0, 0.1) is 19.8 Å². The lowest BCUT2D eigenvalue weighted by atomic mass is 9.79. The Labute approximate surface area is 273 Å². The number of unbranched alkanes of at least 4 members (excludes halogenated alkanes) is 1. The SMILES string of the molecule is CCCCN1C(=O)[C@@H]([C@H](O)C(C)C)NC(=O)C12CCN(C(c1ccc(S(=O)(=O)N3CCCC3)cc1)c1c(C)n[nH]c1C)CC2.Cl. The summed E-state index contributed by atoms with van der Waals surface area (Å²) in [6, 6.07) is 6.04. The minimum Gasteiger partial charge on any atom is -0.390 e. The number of rotatable bonds is 10. The van der Waals surface area contributed by atoms with Crippen LogP contribution in [0.5, 0.6) is 0 Å². The van der Waals surface area contributed by atoms with Gasteiger partial charge in [-0.25, -0.2) is 8.42 Å². The lowest BCUT2D eigenvalue weighted by molar-refractivity contribution is -0.165. The molecule has 11 nitrogen and oxygen atoms in total. The molecule has 0 radical (unpaired) electrons. The van der Waals surface area contributed by atoms with Crippen LogP contribution in [0.3, 0.4) is 0 Å². The number of halogens is 1. The molecule has 0 bridgehead atoms. The molecule has 1 spiro atoms. The Morgan fingerprint density at radius 1 is 1.04 bits per heavy atom. The second-order valence-corrected chi connectivity index (χ2v) is 15.0. The molecule has 3 atom stereocenters. The van der Waals surface area contributed by atoms with E-state index in [2.05, 4.69) is 27.3 Å². The summed E-state index contributed by atoms with van der Waals surface area (Å²) in [5.41, 5.74) is 2.79. The number of likely N-dealkylation sites (tertiary alicyclic amines) is 1. The number of sulfonamides is 1. The van der Waals surface area contributed by atoms with E-state index in [1.54, 1.807) is 21.3 Å². The largest absolute Gasteiger partial charge is 0.390 e. The summed E-state index contributed by atoms with van der Waals surface area (Å²) in [7, 11) is -3.53. The zero-order valence-corrected chi connectivity index (χ0v) is 28.7. The number of hydrogen-bond acceptors (Lipinski definition) is 7. The predicted octanol–water partition coefficient (Wildman–Crippen LogP) is 3.30. The van der Waals surface area contributed by atoms with Crippen LogP contribution in [0.2, 0.25) is 0 Å². The summed E-state index contributed by atoms with van der Waals surface area (Å²) in [4.78, 5) is 32.0. The molecule has 1 aromatic carbocycles. The molecule has 2 aromatic rings.